The van der Waals surface area contributed by atoms with Crippen LogP contribution in [0.1, 0.15) is 22.0 Å². The van der Waals surface area contributed by atoms with Gasteiger partial charge in [0.25, 0.3) is 0 Å². The molecule has 0 saturated carbocycles. The Kier molecular flexibility index (Phi) is 5.00. The van der Waals surface area contributed by atoms with Gasteiger partial charge in [0.15, 0.2) is 5.78 Å². The predicted molar refractivity (Wildman–Crippen MR) is 93.8 cm³/mol. The van der Waals surface area contributed by atoms with E-state index < -0.39 is 35.7 Å². The van der Waals surface area contributed by atoms with Gasteiger partial charge in [-0.2, -0.15) is 13.2 Å². The van der Waals surface area contributed by atoms with Crippen LogP contribution in [0.4, 0.5) is 18.0 Å². The molecule has 1 aliphatic heterocycles. The van der Waals surface area contributed by atoms with Crippen LogP contribution in [-0.4, -0.2) is 28.8 Å². The van der Waals surface area contributed by atoms with Crippen molar-refractivity contribution < 1.29 is 27.9 Å². The van der Waals surface area contributed by atoms with Crippen molar-refractivity contribution in [2.45, 2.75) is 17.9 Å². The molecule has 27 heavy (non-hydrogen) atoms. The van der Waals surface area contributed by atoms with E-state index in [0.29, 0.717) is 4.47 Å². The molecule has 0 bridgehead atoms. The minimum atomic E-state index is -5.27. The smallest absolute Gasteiger partial charge is 0.363 e. The van der Waals surface area contributed by atoms with Crippen molar-refractivity contribution >= 4 is 27.7 Å². The summed E-state index contributed by atoms with van der Waals surface area (Å²) in [7, 11) is 0. The lowest BCUT2D eigenvalue weighted by Gasteiger charge is -2.45. The van der Waals surface area contributed by atoms with E-state index in [9.17, 15) is 27.9 Å². The Hall–Kier alpha value is -2.39. The van der Waals surface area contributed by atoms with E-state index in [0.717, 1.165) is 0 Å². The summed E-state index contributed by atoms with van der Waals surface area (Å²) in [5.74, 6) is -2.98. The number of urea groups is 1. The van der Waals surface area contributed by atoms with Crippen LogP contribution in [0.5, 0.6) is 0 Å². The van der Waals surface area contributed by atoms with Crippen molar-refractivity contribution in [2.24, 2.45) is 5.92 Å². The van der Waals surface area contributed by atoms with Crippen molar-refractivity contribution in [1.29, 1.82) is 0 Å². The van der Waals surface area contributed by atoms with Gasteiger partial charge in [0.1, 0.15) is 5.92 Å². The highest BCUT2D eigenvalue weighted by Crippen LogP contribution is 2.43. The number of Topliss-reactive ketones (excluding diaryl/α,β-unsaturated/α-hetero) is 1. The third-order valence-electron chi connectivity index (χ3n) is 4.38. The Morgan fingerprint density at radius 1 is 1.07 bits per heavy atom. The van der Waals surface area contributed by atoms with Crippen molar-refractivity contribution in [1.82, 2.24) is 10.6 Å². The van der Waals surface area contributed by atoms with Crippen LogP contribution in [-0.2, 0) is 0 Å². The molecule has 0 spiro atoms. The van der Waals surface area contributed by atoms with Crippen LogP contribution >= 0.6 is 15.9 Å². The summed E-state index contributed by atoms with van der Waals surface area (Å²) in [6, 6.07) is 10.9. The number of alkyl halides is 3. The molecule has 142 valence electrons. The fourth-order valence-electron chi connectivity index (χ4n) is 3.07. The van der Waals surface area contributed by atoms with Crippen molar-refractivity contribution in [3.8, 4) is 0 Å². The second-order valence-corrected chi connectivity index (χ2v) is 7.02. The Balaban J connectivity index is 2.15. The molecular formula is C18H14BrF3N2O3. The van der Waals surface area contributed by atoms with Gasteiger partial charge in [-0.15, -0.1) is 0 Å². The lowest BCUT2D eigenvalue weighted by molar-refractivity contribution is -0.287. The first-order valence-electron chi connectivity index (χ1n) is 7.86. The first-order valence-corrected chi connectivity index (χ1v) is 8.65. The van der Waals surface area contributed by atoms with Crippen molar-refractivity contribution in [2.75, 3.05) is 0 Å². The molecule has 5 nitrogen and oxygen atoms in total. The molecular weight excluding hydrogens is 429 g/mol. The van der Waals surface area contributed by atoms with E-state index >= 15 is 0 Å². The molecule has 1 saturated heterocycles. The molecule has 0 radical (unpaired) electrons. The molecule has 3 atom stereocenters. The average Bonchev–Trinajstić information content (AvgIpc) is 2.61. The molecule has 0 aromatic heterocycles. The number of hydrogen-bond acceptors (Lipinski definition) is 3. The van der Waals surface area contributed by atoms with Gasteiger partial charge in [0.2, 0.25) is 5.72 Å². The van der Waals surface area contributed by atoms with Crippen LogP contribution < -0.4 is 10.6 Å². The fourth-order valence-corrected chi connectivity index (χ4v) is 3.34. The molecule has 2 aromatic carbocycles. The second-order valence-electron chi connectivity index (χ2n) is 6.10. The largest absolute Gasteiger partial charge is 0.437 e. The van der Waals surface area contributed by atoms with Gasteiger partial charge in [0, 0.05) is 10.0 Å². The highest BCUT2D eigenvalue weighted by molar-refractivity contribution is 9.10. The number of nitrogens with one attached hydrogen (secondary N) is 2. The number of rotatable bonds is 3. The molecule has 1 aliphatic rings. The third kappa shape index (κ3) is 3.57. The van der Waals surface area contributed by atoms with Gasteiger partial charge in [-0.25, -0.2) is 4.79 Å². The zero-order chi connectivity index (χ0) is 19.8. The molecule has 2 aromatic rings. The summed E-state index contributed by atoms with van der Waals surface area (Å²) >= 11 is 3.19. The van der Waals surface area contributed by atoms with Crippen molar-refractivity contribution in [3.63, 3.8) is 0 Å². The fraction of sp³-hybridized carbons (Fsp3) is 0.222. The predicted octanol–water partition coefficient (Wildman–Crippen LogP) is 3.55. The molecule has 0 unspecified atom stereocenters. The van der Waals surface area contributed by atoms with E-state index in [1.54, 1.807) is 18.2 Å². The minimum absolute atomic E-state index is 0.0234. The molecule has 1 heterocycles. The van der Waals surface area contributed by atoms with E-state index in [-0.39, 0.29) is 11.1 Å². The highest BCUT2D eigenvalue weighted by Gasteiger charge is 2.66. The summed E-state index contributed by atoms with van der Waals surface area (Å²) < 4.78 is 41.8. The van der Waals surface area contributed by atoms with Gasteiger partial charge in [-0.05, 0) is 17.7 Å². The van der Waals surface area contributed by atoms with Crippen LogP contribution in [0, 0.1) is 5.92 Å². The molecule has 3 N–H and O–H groups in total. The maximum Gasteiger partial charge on any atom is 0.437 e. The maximum absolute atomic E-state index is 13.7. The first-order chi connectivity index (χ1) is 12.6. The van der Waals surface area contributed by atoms with Gasteiger partial charge >= 0.3 is 12.2 Å². The average molecular weight is 443 g/mol. The van der Waals surface area contributed by atoms with E-state index in [1.807, 2.05) is 0 Å². The van der Waals surface area contributed by atoms with Gasteiger partial charge < -0.3 is 15.7 Å². The van der Waals surface area contributed by atoms with Crippen LogP contribution in [0.25, 0.3) is 0 Å². The van der Waals surface area contributed by atoms with E-state index in [4.69, 9.17) is 0 Å². The Labute approximate surface area is 160 Å². The maximum atomic E-state index is 13.7. The van der Waals surface area contributed by atoms with E-state index in [1.165, 1.54) is 41.7 Å². The summed E-state index contributed by atoms with van der Waals surface area (Å²) in [6.45, 7) is 0. The summed E-state index contributed by atoms with van der Waals surface area (Å²) in [6.07, 6.45) is -5.27. The lowest BCUT2D eigenvalue weighted by atomic mass is 9.77. The zero-order valence-electron chi connectivity index (χ0n) is 13.6. The number of carbonyl (C=O) groups is 2. The number of halogens is 4. The van der Waals surface area contributed by atoms with Gasteiger partial charge in [-0.3, -0.25) is 4.79 Å². The zero-order valence-corrected chi connectivity index (χ0v) is 15.2. The van der Waals surface area contributed by atoms with E-state index in [2.05, 4.69) is 21.2 Å². The lowest BCUT2D eigenvalue weighted by Crippen LogP contribution is -2.72. The molecule has 3 rings (SSSR count). The number of hydrogen-bond donors (Lipinski definition) is 3. The first kappa shape index (κ1) is 19.4. The summed E-state index contributed by atoms with van der Waals surface area (Å²) in [5, 5.41) is 14.3. The topological polar surface area (TPSA) is 78.4 Å². The molecule has 9 heteroatoms. The van der Waals surface area contributed by atoms with Crippen molar-refractivity contribution in [3.05, 3.63) is 70.2 Å². The van der Waals surface area contributed by atoms with Crippen LogP contribution in [0.15, 0.2) is 59.1 Å². The Morgan fingerprint density at radius 3 is 2.22 bits per heavy atom. The minimum Gasteiger partial charge on any atom is -0.363 e. The Morgan fingerprint density at radius 2 is 1.67 bits per heavy atom. The van der Waals surface area contributed by atoms with Crippen LogP contribution in [0.2, 0.25) is 0 Å². The SMILES string of the molecule is O=C1N[C@H](c2ccccc2)[C@@H](C(=O)c2ccc(Br)cc2)[C@](O)(C(F)(F)F)N1. The quantitative estimate of drug-likeness (QED) is 0.636. The number of aliphatic hydroxyl groups is 1. The second kappa shape index (κ2) is 6.97. The normalized spacial score (nSPS) is 25.4. The number of ketones is 1. The van der Waals surface area contributed by atoms with Gasteiger partial charge in [0.05, 0.1) is 6.04 Å². The monoisotopic (exact) mass is 442 g/mol. The van der Waals surface area contributed by atoms with Gasteiger partial charge in [-0.1, -0.05) is 58.4 Å². The number of amides is 2. The molecule has 2 amide bonds. The third-order valence-corrected chi connectivity index (χ3v) is 4.90. The molecule has 0 aliphatic carbocycles. The standard InChI is InChI=1S/C18H14BrF3N2O3/c19-12-8-6-11(7-9-12)15(25)13-14(10-4-2-1-3-5-10)23-16(26)24-17(13,27)18(20,21)22/h1-9,13-14,27H,(H2,23,24,26)/t13-,14+,17-/m0/s1. The molecule has 1 fully saturated rings. The Bertz CT molecular complexity index is 858. The summed E-state index contributed by atoms with van der Waals surface area (Å²) in [4.78, 5) is 24.9. The van der Waals surface area contributed by atoms with Crippen LogP contribution in [0.3, 0.4) is 0 Å². The number of benzene rings is 2. The number of carbonyl (C=O) groups excluding carboxylic acids is 2. The summed E-state index contributed by atoms with van der Waals surface area (Å²) in [5.41, 5.74) is -3.48. The highest BCUT2D eigenvalue weighted by atomic mass is 79.9.